The minimum Gasteiger partial charge on any atom is -0.392 e. The molecule has 0 aliphatic rings. The molecule has 2 aromatic rings. The van der Waals surface area contributed by atoms with Gasteiger partial charge in [-0.25, -0.2) is 4.98 Å². The van der Waals surface area contributed by atoms with E-state index in [1.54, 1.807) is 24.3 Å². The first kappa shape index (κ1) is 13.2. The lowest BCUT2D eigenvalue weighted by Gasteiger charge is -2.07. The highest BCUT2D eigenvalue weighted by molar-refractivity contribution is 6.03. The lowest BCUT2D eigenvalue weighted by atomic mass is 10.1. The molecule has 2 rings (SSSR count). The predicted octanol–water partition coefficient (Wildman–Crippen LogP) is 2.44. The summed E-state index contributed by atoms with van der Waals surface area (Å²) >= 11 is 0. The number of benzene rings is 1. The summed E-state index contributed by atoms with van der Waals surface area (Å²) in [6, 6.07) is 10.7. The smallest absolute Gasteiger partial charge is 0.256 e. The van der Waals surface area contributed by atoms with Crippen LogP contribution in [0.25, 0.3) is 0 Å². The van der Waals surface area contributed by atoms with Crippen molar-refractivity contribution >= 4 is 11.7 Å². The minimum atomic E-state index is -0.229. The second-order valence-corrected chi connectivity index (χ2v) is 4.48. The van der Waals surface area contributed by atoms with Crippen LogP contribution in [0.2, 0.25) is 0 Å². The zero-order chi connectivity index (χ0) is 13.8. The van der Waals surface area contributed by atoms with Crippen LogP contribution in [0.4, 0.5) is 5.82 Å². The summed E-state index contributed by atoms with van der Waals surface area (Å²) in [6.07, 6.45) is 0. The Kier molecular flexibility index (Phi) is 3.92. The largest absolute Gasteiger partial charge is 0.392 e. The van der Waals surface area contributed by atoms with E-state index in [0.29, 0.717) is 16.9 Å². The first-order valence-corrected chi connectivity index (χ1v) is 6.05. The molecule has 98 valence electrons. The van der Waals surface area contributed by atoms with Crippen LogP contribution >= 0.6 is 0 Å². The van der Waals surface area contributed by atoms with Gasteiger partial charge in [0.2, 0.25) is 0 Å². The number of rotatable bonds is 3. The highest BCUT2D eigenvalue weighted by Crippen LogP contribution is 2.12. The molecule has 19 heavy (non-hydrogen) atoms. The molecule has 0 unspecified atom stereocenters. The third kappa shape index (κ3) is 3.39. The first-order chi connectivity index (χ1) is 9.08. The Labute approximate surface area is 112 Å². The van der Waals surface area contributed by atoms with Crippen LogP contribution in [0.5, 0.6) is 0 Å². The SMILES string of the molecule is Cc1cc(C)nc(NC(=O)c2cccc(CO)c2)c1. The number of nitrogens with zero attached hydrogens (tertiary/aromatic N) is 1. The van der Waals surface area contributed by atoms with Crippen LogP contribution in [0.3, 0.4) is 0 Å². The number of aromatic nitrogens is 1. The van der Waals surface area contributed by atoms with Gasteiger partial charge in [-0.05, 0) is 49.2 Å². The zero-order valence-corrected chi connectivity index (χ0v) is 11.0. The molecule has 0 saturated heterocycles. The van der Waals surface area contributed by atoms with Crippen LogP contribution in [0, 0.1) is 13.8 Å². The number of anilines is 1. The van der Waals surface area contributed by atoms with Crippen LogP contribution in [-0.2, 0) is 6.61 Å². The number of aliphatic hydroxyl groups excluding tert-OH is 1. The Balaban J connectivity index is 2.20. The van der Waals surface area contributed by atoms with Crippen molar-refractivity contribution in [3.05, 3.63) is 58.8 Å². The van der Waals surface area contributed by atoms with E-state index >= 15 is 0 Å². The molecule has 1 aromatic carbocycles. The summed E-state index contributed by atoms with van der Waals surface area (Å²) < 4.78 is 0. The quantitative estimate of drug-likeness (QED) is 0.886. The maximum atomic E-state index is 12.1. The number of aryl methyl sites for hydroxylation is 2. The Morgan fingerprint density at radius 2 is 2.05 bits per heavy atom. The summed E-state index contributed by atoms with van der Waals surface area (Å²) in [5, 5.41) is 11.8. The second-order valence-electron chi connectivity index (χ2n) is 4.48. The predicted molar refractivity (Wildman–Crippen MR) is 74.0 cm³/mol. The lowest BCUT2D eigenvalue weighted by molar-refractivity contribution is 0.102. The number of hydrogen-bond acceptors (Lipinski definition) is 3. The van der Waals surface area contributed by atoms with Crippen molar-refractivity contribution in [3.63, 3.8) is 0 Å². The molecular weight excluding hydrogens is 240 g/mol. The molecule has 0 bridgehead atoms. The molecule has 0 fully saturated rings. The van der Waals surface area contributed by atoms with Crippen LogP contribution < -0.4 is 5.32 Å². The van der Waals surface area contributed by atoms with Gasteiger partial charge in [0.25, 0.3) is 5.91 Å². The molecule has 4 heteroatoms. The van der Waals surface area contributed by atoms with Crippen LogP contribution in [-0.4, -0.2) is 16.0 Å². The zero-order valence-electron chi connectivity index (χ0n) is 11.0. The van der Waals surface area contributed by atoms with Gasteiger partial charge in [-0.15, -0.1) is 0 Å². The standard InChI is InChI=1S/C15H16N2O2/c1-10-6-11(2)16-14(7-10)17-15(19)13-5-3-4-12(8-13)9-18/h3-8,18H,9H2,1-2H3,(H,16,17,19). The first-order valence-electron chi connectivity index (χ1n) is 6.05. The van der Waals surface area contributed by atoms with Gasteiger partial charge >= 0.3 is 0 Å². The third-order valence-electron chi connectivity index (χ3n) is 2.71. The van der Waals surface area contributed by atoms with Crippen molar-refractivity contribution in [3.8, 4) is 0 Å². The molecule has 0 aliphatic carbocycles. The maximum absolute atomic E-state index is 12.1. The lowest BCUT2D eigenvalue weighted by Crippen LogP contribution is -2.13. The maximum Gasteiger partial charge on any atom is 0.256 e. The number of nitrogens with one attached hydrogen (secondary N) is 1. The average Bonchev–Trinajstić information content (AvgIpc) is 2.37. The van der Waals surface area contributed by atoms with Gasteiger partial charge in [0.1, 0.15) is 5.82 Å². The van der Waals surface area contributed by atoms with Crippen molar-refractivity contribution in [2.24, 2.45) is 0 Å². The monoisotopic (exact) mass is 256 g/mol. The molecule has 1 amide bonds. The molecule has 2 N–H and O–H groups in total. The molecular formula is C15H16N2O2. The Bertz CT molecular complexity index is 589. The molecule has 0 spiro atoms. The van der Waals surface area contributed by atoms with Crippen molar-refractivity contribution in [1.82, 2.24) is 4.98 Å². The van der Waals surface area contributed by atoms with E-state index in [9.17, 15) is 4.79 Å². The van der Waals surface area contributed by atoms with Gasteiger partial charge in [-0.3, -0.25) is 4.79 Å². The van der Waals surface area contributed by atoms with E-state index in [1.165, 1.54) is 0 Å². The summed E-state index contributed by atoms with van der Waals surface area (Å²) in [5.41, 5.74) is 3.12. The fourth-order valence-electron chi connectivity index (χ4n) is 1.90. The highest BCUT2D eigenvalue weighted by Gasteiger charge is 2.08. The fraction of sp³-hybridized carbons (Fsp3) is 0.200. The van der Waals surface area contributed by atoms with E-state index in [2.05, 4.69) is 10.3 Å². The number of hydrogen-bond donors (Lipinski definition) is 2. The second kappa shape index (κ2) is 5.63. The van der Waals surface area contributed by atoms with E-state index < -0.39 is 0 Å². The average molecular weight is 256 g/mol. The minimum absolute atomic E-state index is 0.0804. The Hall–Kier alpha value is -2.20. The fourth-order valence-corrected chi connectivity index (χ4v) is 1.90. The summed E-state index contributed by atoms with van der Waals surface area (Å²) in [4.78, 5) is 16.3. The molecule has 1 aromatic heterocycles. The highest BCUT2D eigenvalue weighted by atomic mass is 16.3. The molecule has 1 heterocycles. The van der Waals surface area contributed by atoms with E-state index in [0.717, 1.165) is 11.3 Å². The van der Waals surface area contributed by atoms with E-state index in [1.807, 2.05) is 26.0 Å². The van der Waals surface area contributed by atoms with Crippen LogP contribution in [0.1, 0.15) is 27.2 Å². The van der Waals surface area contributed by atoms with Crippen LogP contribution in [0.15, 0.2) is 36.4 Å². The number of carbonyl (C=O) groups is 1. The van der Waals surface area contributed by atoms with Gasteiger partial charge in [0, 0.05) is 11.3 Å². The molecule has 0 radical (unpaired) electrons. The number of aliphatic hydroxyl groups is 1. The summed E-state index contributed by atoms with van der Waals surface area (Å²) in [7, 11) is 0. The molecule has 4 nitrogen and oxygen atoms in total. The Morgan fingerprint density at radius 1 is 1.26 bits per heavy atom. The van der Waals surface area contributed by atoms with Crippen molar-refractivity contribution in [1.29, 1.82) is 0 Å². The molecule has 0 atom stereocenters. The number of carbonyl (C=O) groups excluding carboxylic acids is 1. The van der Waals surface area contributed by atoms with Crippen molar-refractivity contribution in [2.75, 3.05) is 5.32 Å². The van der Waals surface area contributed by atoms with E-state index in [4.69, 9.17) is 5.11 Å². The Morgan fingerprint density at radius 3 is 2.74 bits per heavy atom. The normalized spacial score (nSPS) is 10.3. The van der Waals surface area contributed by atoms with Gasteiger partial charge in [0.05, 0.1) is 6.61 Å². The van der Waals surface area contributed by atoms with Gasteiger partial charge in [-0.1, -0.05) is 12.1 Å². The van der Waals surface area contributed by atoms with Gasteiger partial charge in [-0.2, -0.15) is 0 Å². The van der Waals surface area contributed by atoms with Gasteiger partial charge < -0.3 is 10.4 Å². The topological polar surface area (TPSA) is 62.2 Å². The number of pyridine rings is 1. The van der Waals surface area contributed by atoms with Crippen molar-refractivity contribution in [2.45, 2.75) is 20.5 Å². The number of amides is 1. The summed E-state index contributed by atoms with van der Waals surface area (Å²) in [5.74, 6) is 0.310. The summed E-state index contributed by atoms with van der Waals surface area (Å²) in [6.45, 7) is 3.76. The molecule has 0 saturated carbocycles. The van der Waals surface area contributed by atoms with Crippen molar-refractivity contribution < 1.29 is 9.90 Å². The third-order valence-corrected chi connectivity index (χ3v) is 2.71. The van der Waals surface area contributed by atoms with Gasteiger partial charge in [0.15, 0.2) is 0 Å². The van der Waals surface area contributed by atoms with E-state index in [-0.39, 0.29) is 12.5 Å². The molecule has 0 aliphatic heterocycles.